The Morgan fingerprint density at radius 2 is 1.92 bits per heavy atom. The number of aromatic nitrogens is 1. The van der Waals surface area contributed by atoms with Gasteiger partial charge in [-0.25, -0.2) is 4.79 Å². The SMILES string of the molecule is CCOC(=O)/C=C/c1cn(Cc2ccc(Cl)cc2)c2ccccc12. The van der Waals surface area contributed by atoms with E-state index in [1.54, 1.807) is 13.0 Å². The molecule has 24 heavy (non-hydrogen) atoms. The summed E-state index contributed by atoms with van der Waals surface area (Å²) in [5, 5.41) is 1.83. The van der Waals surface area contributed by atoms with Crippen LogP contribution in [0.5, 0.6) is 0 Å². The van der Waals surface area contributed by atoms with Gasteiger partial charge in [-0.15, -0.1) is 0 Å². The summed E-state index contributed by atoms with van der Waals surface area (Å²) in [5.74, 6) is -0.327. The first-order valence-electron chi connectivity index (χ1n) is 7.84. The molecule has 4 heteroatoms. The van der Waals surface area contributed by atoms with Crippen molar-refractivity contribution < 1.29 is 9.53 Å². The highest BCUT2D eigenvalue weighted by molar-refractivity contribution is 6.30. The standard InChI is InChI=1S/C20H18ClNO2/c1-2-24-20(23)12-9-16-14-22(19-6-4-3-5-18(16)19)13-15-7-10-17(21)11-8-15/h3-12,14H,2,13H2,1H3/b12-9+. The van der Waals surface area contributed by atoms with E-state index in [4.69, 9.17) is 16.3 Å². The molecule has 3 nitrogen and oxygen atoms in total. The zero-order valence-electron chi connectivity index (χ0n) is 13.4. The number of carbonyl (C=O) groups excluding carboxylic acids is 1. The highest BCUT2D eigenvalue weighted by Crippen LogP contribution is 2.24. The number of carbonyl (C=O) groups is 1. The van der Waals surface area contributed by atoms with E-state index >= 15 is 0 Å². The van der Waals surface area contributed by atoms with Crippen LogP contribution in [-0.4, -0.2) is 17.1 Å². The number of fused-ring (bicyclic) bond motifs is 1. The van der Waals surface area contributed by atoms with Crippen molar-refractivity contribution in [1.82, 2.24) is 4.57 Å². The number of hydrogen-bond acceptors (Lipinski definition) is 2. The van der Waals surface area contributed by atoms with Gasteiger partial charge in [-0.2, -0.15) is 0 Å². The van der Waals surface area contributed by atoms with Crippen LogP contribution < -0.4 is 0 Å². The maximum absolute atomic E-state index is 11.6. The normalized spacial score (nSPS) is 11.2. The van der Waals surface area contributed by atoms with Crippen molar-refractivity contribution in [3.63, 3.8) is 0 Å². The predicted molar refractivity (Wildman–Crippen MR) is 98.2 cm³/mol. The molecule has 0 aliphatic carbocycles. The molecule has 0 saturated carbocycles. The predicted octanol–water partition coefficient (Wildman–Crippen LogP) is 4.92. The van der Waals surface area contributed by atoms with Crippen molar-refractivity contribution in [2.24, 2.45) is 0 Å². The summed E-state index contributed by atoms with van der Waals surface area (Å²) in [5.41, 5.74) is 3.28. The first kappa shape index (κ1) is 16.3. The van der Waals surface area contributed by atoms with Crippen molar-refractivity contribution in [2.75, 3.05) is 6.61 Å². The first-order valence-corrected chi connectivity index (χ1v) is 8.22. The zero-order valence-corrected chi connectivity index (χ0v) is 14.2. The largest absolute Gasteiger partial charge is 0.463 e. The second kappa shape index (κ2) is 7.37. The highest BCUT2D eigenvalue weighted by atomic mass is 35.5. The van der Waals surface area contributed by atoms with E-state index < -0.39 is 0 Å². The van der Waals surface area contributed by atoms with Gasteiger partial charge in [0.15, 0.2) is 0 Å². The lowest BCUT2D eigenvalue weighted by molar-refractivity contribution is -0.137. The van der Waals surface area contributed by atoms with E-state index in [9.17, 15) is 4.79 Å². The summed E-state index contributed by atoms with van der Waals surface area (Å²) in [6.07, 6.45) is 5.32. The third-order valence-corrected chi connectivity index (χ3v) is 4.02. The molecule has 122 valence electrons. The van der Waals surface area contributed by atoms with Crippen molar-refractivity contribution in [2.45, 2.75) is 13.5 Å². The van der Waals surface area contributed by atoms with E-state index in [1.807, 2.05) is 36.4 Å². The molecule has 1 aromatic heterocycles. The van der Waals surface area contributed by atoms with Gasteiger partial charge in [0.2, 0.25) is 0 Å². The van der Waals surface area contributed by atoms with Gasteiger partial charge in [0, 0.05) is 40.3 Å². The van der Waals surface area contributed by atoms with Gasteiger partial charge >= 0.3 is 5.97 Å². The van der Waals surface area contributed by atoms with E-state index in [1.165, 1.54) is 11.6 Å². The molecule has 0 aliphatic heterocycles. The Morgan fingerprint density at radius 1 is 1.17 bits per heavy atom. The van der Waals surface area contributed by atoms with Crippen LogP contribution >= 0.6 is 11.6 Å². The number of para-hydroxylation sites is 1. The fraction of sp³-hybridized carbons (Fsp3) is 0.150. The lowest BCUT2D eigenvalue weighted by Crippen LogP contribution is -1.98. The third-order valence-electron chi connectivity index (χ3n) is 3.77. The van der Waals surface area contributed by atoms with E-state index in [-0.39, 0.29) is 5.97 Å². The minimum Gasteiger partial charge on any atom is -0.463 e. The maximum atomic E-state index is 11.6. The number of halogens is 1. The van der Waals surface area contributed by atoms with Gasteiger partial charge in [-0.3, -0.25) is 0 Å². The average molecular weight is 340 g/mol. The molecule has 0 saturated heterocycles. The summed E-state index contributed by atoms with van der Waals surface area (Å²) in [6, 6.07) is 16.0. The molecule has 0 aliphatic rings. The van der Waals surface area contributed by atoms with Gasteiger partial charge in [-0.1, -0.05) is 41.9 Å². The van der Waals surface area contributed by atoms with E-state index in [2.05, 4.69) is 22.9 Å². The van der Waals surface area contributed by atoms with E-state index in [0.717, 1.165) is 28.0 Å². The number of ether oxygens (including phenoxy) is 1. The second-order valence-electron chi connectivity index (χ2n) is 5.44. The zero-order chi connectivity index (χ0) is 16.9. The number of esters is 1. The molecular formula is C20H18ClNO2. The molecule has 1 heterocycles. The second-order valence-corrected chi connectivity index (χ2v) is 5.88. The summed E-state index contributed by atoms with van der Waals surface area (Å²) >= 11 is 5.95. The lowest BCUT2D eigenvalue weighted by Gasteiger charge is -2.05. The number of benzene rings is 2. The Kier molecular flexibility index (Phi) is 5.02. The van der Waals surface area contributed by atoms with Gasteiger partial charge in [0.1, 0.15) is 0 Å². The minimum atomic E-state index is -0.327. The molecular weight excluding hydrogens is 322 g/mol. The number of rotatable bonds is 5. The molecule has 0 amide bonds. The van der Waals surface area contributed by atoms with Gasteiger partial charge < -0.3 is 9.30 Å². The van der Waals surface area contributed by atoms with Crippen LogP contribution in [0, 0.1) is 0 Å². The molecule has 0 bridgehead atoms. The molecule has 0 spiro atoms. The Labute approximate surface area is 146 Å². The quantitative estimate of drug-likeness (QED) is 0.488. The molecule has 0 unspecified atom stereocenters. The van der Waals surface area contributed by atoms with Gasteiger partial charge in [0.05, 0.1) is 6.61 Å². The molecule has 3 rings (SSSR count). The van der Waals surface area contributed by atoms with Crippen molar-refractivity contribution in [3.8, 4) is 0 Å². The van der Waals surface area contributed by atoms with Crippen molar-refractivity contribution in [1.29, 1.82) is 0 Å². The summed E-state index contributed by atoms with van der Waals surface area (Å²) in [6.45, 7) is 2.91. The lowest BCUT2D eigenvalue weighted by atomic mass is 10.1. The Bertz CT molecular complexity index is 878. The van der Waals surface area contributed by atoms with Crippen LogP contribution in [0.15, 0.2) is 60.8 Å². The Hall–Kier alpha value is -2.52. The minimum absolute atomic E-state index is 0.327. The summed E-state index contributed by atoms with van der Waals surface area (Å²) in [7, 11) is 0. The monoisotopic (exact) mass is 339 g/mol. The summed E-state index contributed by atoms with van der Waals surface area (Å²) < 4.78 is 7.11. The van der Waals surface area contributed by atoms with Crippen molar-refractivity contribution in [3.05, 3.63) is 77.0 Å². The Balaban J connectivity index is 1.94. The smallest absolute Gasteiger partial charge is 0.330 e. The number of nitrogens with zero attached hydrogens (tertiary/aromatic N) is 1. The molecule has 2 aromatic carbocycles. The third kappa shape index (κ3) is 3.69. The topological polar surface area (TPSA) is 31.2 Å². The van der Waals surface area contributed by atoms with Crippen LogP contribution in [0.3, 0.4) is 0 Å². The summed E-state index contributed by atoms with van der Waals surface area (Å²) in [4.78, 5) is 11.6. The van der Waals surface area contributed by atoms with Gasteiger partial charge in [-0.05, 0) is 36.8 Å². The molecule has 0 fully saturated rings. The highest BCUT2D eigenvalue weighted by Gasteiger charge is 2.07. The van der Waals surface area contributed by atoms with Crippen LogP contribution in [0.1, 0.15) is 18.1 Å². The van der Waals surface area contributed by atoms with Crippen LogP contribution in [0.2, 0.25) is 5.02 Å². The Morgan fingerprint density at radius 3 is 2.67 bits per heavy atom. The molecule has 0 N–H and O–H groups in total. The van der Waals surface area contributed by atoms with Crippen LogP contribution in [-0.2, 0) is 16.1 Å². The molecule has 0 atom stereocenters. The maximum Gasteiger partial charge on any atom is 0.330 e. The first-order chi connectivity index (χ1) is 11.7. The fourth-order valence-electron chi connectivity index (χ4n) is 2.67. The number of hydrogen-bond donors (Lipinski definition) is 0. The molecule has 0 radical (unpaired) electrons. The average Bonchev–Trinajstić information content (AvgIpc) is 2.93. The molecule has 3 aromatic rings. The van der Waals surface area contributed by atoms with Crippen molar-refractivity contribution >= 4 is 34.5 Å². The van der Waals surface area contributed by atoms with Gasteiger partial charge in [0.25, 0.3) is 0 Å². The fourth-order valence-corrected chi connectivity index (χ4v) is 2.80. The van der Waals surface area contributed by atoms with Crippen LogP contribution in [0.25, 0.3) is 17.0 Å². The van der Waals surface area contributed by atoms with Crippen LogP contribution in [0.4, 0.5) is 0 Å². The van der Waals surface area contributed by atoms with E-state index in [0.29, 0.717) is 6.61 Å².